The molecule has 0 spiro atoms. The number of piperazine rings is 1. The molecule has 0 aromatic carbocycles. The van der Waals surface area contributed by atoms with E-state index in [1.54, 1.807) is 6.20 Å². The van der Waals surface area contributed by atoms with Gasteiger partial charge in [-0.05, 0) is 26.3 Å². The zero-order valence-electron chi connectivity index (χ0n) is 14.7. The van der Waals surface area contributed by atoms with E-state index in [2.05, 4.69) is 38.2 Å². The Labute approximate surface area is 142 Å². The maximum atomic E-state index is 12.0. The Bertz CT molecular complexity index is 704. The van der Waals surface area contributed by atoms with Gasteiger partial charge >= 0.3 is 0 Å². The topological polar surface area (TPSA) is 65.8 Å². The summed E-state index contributed by atoms with van der Waals surface area (Å²) in [6.45, 7) is 10.0. The molecule has 3 rings (SSSR count). The molecule has 1 atom stereocenters. The van der Waals surface area contributed by atoms with Crippen LogP contribution in [0.1, 0.15) is 26.0 Å². The number of rotatable bonds is 5. The van der Waals surface area contributed by atoms with Crippen LogP contribution in [0, 0.1) is 6.92 Å². The Kier molecular flexibility index (Phi) is 4.99. The van der Waals surface area contributed by atoms with E-state index in [0.717, 1.165) is 49.6 Å². The molecule has 0 aliphatic carbocycles. The minimum absolute atomic E-state index is 0.115. The Morgan fingerprint density at radius 3 is 2.79 bits per heavy atom. The van der Waals surface area contributed by atoms with Gasteiger partial charge < -0.3 is 10.2 Å². The summed E-state index contributed by atoms with van der Waals surface area (Å²) in [5, 5.41) is 7.47. The van der Waals surface area contributed by atoms with Crippen molar-refractivity contribution < 1.29 is 4.79 Å². The second kappa shape index (κ2) is 7.17. The number of nitrogens with zero attached hydrogens (tertiary/aromatic N) is 5. The zero-order chi connectivity index (χ0) is 17.1. The van der Waals surface area contributed by atoms with Crippen LogP contribution in [0.15, 0.2) is 18.5 Å². The summed E-state index contributed by atoms with van der Waals surface area (Å²) in [7, 11) is 0. The smallest absolute Gasteiger partial charge is 0.234 e. The van der Waals surface area contributed by atoms with E-state index in [-0.39, 0.29) is 11.9 Å². The summed E-state index contributed by atoms with van der Waals surface area (Å²) in [6.07, 6.45) is 4.63. The average molecular weight is 330 g/mol. The van der Waals surface area contributed by atoms with Crippen molar-refractivity contribution in [3.63, 3.8) is 0 Å². The molecule has 24 heavy (non-hydrogen) atoms. The molecule has 0 radical (unpaired) electrons. The number of hydrogen-bond acceptors (Lipinski definition) is 5. The molecule has 1 N–H and O–H groups in total. The van der Waals surface area contributed by atoms with Gasteiger partial charge in [-0.25, -0.2) is 9.50 Å². The van der Waals surface area contributed by atoms with Crippen molar-refractivity contribution in [1.29, 1.82) is 0 Å². The fraction of sp³-hybridized carbons (Fsp3) is 0.588. The molecule has 0 saturated carbocycles. The van der Waals surface area contributed by atoms with Gasteiger partial charge in [0.25, 0.3) is 0 Å². The van der Waals surface area contributed by atoms with E-state index in [1.165, 1.54) is 0 Å². The number of carbonyl (C=O) groups excluding carboxylic acids is 1. The van der Waals surface area contributed by atoms with E-state index in [1.807, 2.05) is 24.6 Å². The second-order valence-corrected chi connectivity index (χ2v) is 6.51. The first-order valence-corrected chi connectivity index (χ1v) is 8.64. The standard InChI is InChI=1S/C17H26N6O/c1-4-13(2)19-16(24)12-21-7-9-22(10-8-21)17-15-11-14(3)20-23(15)6-5-18-17/h5-6,11,13H,4,7-10,12H2,1-3H3,(H,19,24). The molecule has 1 fully saturated rings. The molecule has 1 aliphatic heterocycles. The molecule has 1 amide bonds. The summed E-state index contributed by atoms with van der Waals surface area (Å²) >= 11 is 0. The minimum Gasteiger partial charge on any atom is -0.353 e. The lowest BCUT2D eigenvalue weighted by atomic mass is 10.2. The number of anilines is 1. The third-order valence-electron chi connectivity index (χ3n) is 4.55. The van der Waals surface area contributed by atoms with E-state index in [9.17, 15) is 4.79 Å². The summed E-state index contributed by atoms with van der Waals surface area (Å²) in [6, 6.07) is 2.31. The van der Waals surface area contributed by atoms with Crippen LogP contribution < -0.4 is 10.2 Å². The number of nitrogens with one attached hydrogen (secondary N) is 1. The van der Waals surface area contributed by atoms with E-state index in [0.29, 0.717) is 6.54 Å². The molecule has 2 aromatic heterocycles. The molecule has 1 saturated heterocycles. The molecular weight excluding hydrogens is 304 g/mol. The summed E-state index contributed by atoms with van der Waals surface area (Å²) in [5.41, 5.74) is 2.03. The summed E-state index contributed by atoms with van der Waals surface area (Å²) < 4.78 is 1.88. The van der Waals surface area contributed by atoms with E-state index >= 15 is 0 Å². The van der Waals surface area contributed by atoms with Gasteiger partial charge in [-0.1, -0.05) is 6.92 Å². The molecule has 3 heterocycles. The van der Waals surface area contributed by atoms with Crippen molar-refractivity contribution in [3.05, 3.63) is 24.2 Å². The lowest BCUT2D eigenvalue weighted by Gasteiger charge is -2.35. The van der Waals surface area contributed by atoms with E-state index < -0.39 is 0 Å². The highest BCUT2D eigenvalue weighted by molar-refractivity contribution is 5.78. The second-order valence-electron chi connectivity index (χ2n) is 6.51. The third kappa shape index (κ3) is 3.67. The molecular formula is C17H26N6O. The zero-order valence-corrected chi connectivity index (χ0v) is 14.7. The number of hydrogen-bond donors (Lipinski definition) is 1. The Morgan fingerprint density at radius 2 is 2.08 bits per heavy atom. The van der Waals surface area contributed by atoms with Crippen LogP contribution in [0.3, 0.4) is 0 Å². The van der Waals surface area contributed by atoms with Crippen LogP contribution in [0.5, 0.6) is 0 Å². The van der Waals surface area contributed by atoms with Crippen LogP contribution in [0.2, 0.25) is 0 Å². The number of amides is 1. The predicted molar refractivity (Wildman–Crippen MR) is 94.3 cm³/mol. The van der Waals surface area contributed by atoms with Gasteiger partial charge in [-0.15, -0.1) is 0 Å². The molecule has 1 unspecified atom stereocenters. The van der Waals surface area contributed by atoms with Crippen molar-refractivity contribution in [2.24, 2.45) is 0 Å². The fourth-order valence-electron chi connectivity index (χ4n) is 3.02. The van der Waals surface area contributed by atoms with Crippen LogP contribution in [-0.4, -0.2) is 64.2 Å². The van der Waals surface area contributed by atoms with Crippen LogP contribution in [0.4, 0.5) is 5.82 Å². The number of aromatic nitrogens is 3. The SMILES string of the molecule is CCC(C)NC(=O)CN1CCN(c2nccn3nc(C)cc23)CC1. The van der Waals surface area contributed by atoms with Gasteiger partial charge in [0.2, 0.25) is 5.91 Å². The lowest BCUT2D eigenvalue weighted by molar-refractivity contribution is -0.122. The van der Waals surface area contributed by atoms with Gasteiger partial charge in [0, 0.05) is 44.6 Å². The van der Waals surface area contributed by atoms with Gasteiger partial charge in [-0.3, -0.25) is 9.69 Å². The number of fused-ring (bicyclic) bond motifs is 1. The maximum absolute atomic E-state index is 12.0. The maximum Gasteiger partial charge on any atom is 0.234 e. The van der Waals surface area contributed by atoms with Crippen molar-refractivity contribution in [2.75, 3.05) is 37.6 Å². The molecule has 1 aliphatic rings. The first-order valence-electron chi connectivity index (χ1n) is 8.64. The first-order chi connectivity index (χ1) is 11.6. The summed E-state index contributed by atoms with van der Waals surface area (Å²) in [4.78, 5) is 21.0. The lowest BCUT2D eigenvalue weighted by Crippen LogP contribution is -2.50. The number of aryl methyl sites for hydroxylation is 1. The van der Waals surface area contributed by atoms with Crippen molar-refractivity contribution in [3.8, 4) is 0 Å². The van der Waals surface area contributed by atoms with Crippen LogP contribution in [0.25, 0.3) is 5.52 Å². The quantitative estimate of drug-likeness (QED) is 0.888. The normalized spacial score (nSPS) is 17.2. The van der Waals surface area contributed by atoms with Crippen LogP contribution in [-0.2, 0) is 4.79 Å². The van der Waals surface area contributed by atoms with Gasteiger partial charge in [0.1, 0.15) is 5.52 Å². The first kappa shape index (κ1) is 16.7. The highest BCUT2D eigenvalue weighted by Crippen LogP contribution is 2.20. The predicted octanol–water partition coefficient (Wildman–Crippen LogP) is 1.07. The Hall–Kier alpha value is -2.15. The minimum atomic E-state index is 0.115. The van der Waals surface area contributed by atoms with Crippen LogP contribution >= 0.6 is 0 Å². The van der Waals surface area contributed by atoms with Gasteiger partial charge in [0.05, 0.1) is 12.2 Å². The van der Waals surface area contributed by atoms with Gasteiger partial charge in [0.15, 0.2) is 5.82 Å². The monoisotopic (exact) mass is 330 g/mol. The average Bonchev–Trinajstić information content (AvgIpc) is 2.95. The Balaban J connectivity index is 1.59. The fourth-order valence-corrected chi connectivity index (χ4v) is 3.02. The molecule has 7 nitrogen and oxygen atoms in total. The summed E-state index contributed by atoms with van der Waals surface area (Å²) in [5.74, 6) is 1.09. The number of carbonyl (C=O) groups is 1. The Morgan fingerprint density at radius 1 is 1.33 bits per heavy atom. The molecule has 0 bridgehead atoms. The highest BCUT2D eigenvalue weighted by atomic mass is 16.2. The van der Waals surface area contributed by atoms with Crippen molar-refractivity contribution >= 4 is 17.2 Å². The van der Waals surface area contributed by atoms with E-state index in [4.69, 9.17) is 0 Å². The van der Waals surface area contributed by atoms with Crippen molar-refractivity contribution in [2.45, 2.75) is 33.2 Å². The third-order valence-corrected chi connectivity index (χ3v) is 4.55. The molecule has 2 aromatic rings. The van der Waals surface area contributed by atoms with Gasteiger partial charge in [-0.2, -0.15) is 5.10 Å². The molecule has 130 valence electrons. The molecule has 7 heteroatoms. The highest BCUT2D eigenvalue weighted by Gasteiger charge is 2.22. The van der Waals surface area contributed by atoms with Crippen molar-refractivity contribution in [1.82, 2.24) is 24.8 Å². The largest absolute Gasteiger partial charge is 0.353 e.